The standard InChI is InChI=1S/C10H9N5O4/c11-4-6-3-7(15(18)19)1-2-8(6)10(17)9(16)5-13-14-12/h1-3,9-10,16-17H,5H2. The predicted octanol–water partition coefficient (Wildman–Crippen LogP) is 1.17. The lowest BCUT2D eigenvalue weighted by molar-refractivity contribution is -0.384. The zero-order valence-corrected chi connectivity index (χ0v) is 9.54. The molecule has 1 aromatic carbocycles. The molecule has 98 valence electrons. The average Bonchev–Trinajstić information content (AvgIpc) is 2.42. The first-order chi connectivity index (χ1) is 9.01. The number of rotatable bonds is 5. The van der Waals surface area contributed by atoms with Gasteiger partial charge < -0.3 is 10.2 Å². The smallest absolute Gasteiger partial charge is 0.270 e. The van der Waals surface area contributed by atoms with Gasteiger partial charge in [0.2, 0.25) is 0 Å². The third-order valence-electron chi connectivity index (χ3n) is 2.38. The molecular weight excluding hydrogens is 254 g/mol. The number of aliphatic hydroxyl groups is 2. The van der Waals surface area contributed by atoms with Crippen LogP contribution in [-0.2, 0) is 0 Å². The van der Waals surface area contributed by atoms with Crippen molar-refractivity contribution < 1.29 is 15.1 Å². The van der Waals surface area contributed by atoms with E-state index in [0.29, 0.717) is 0 Å². The van der Waals surface area contributed by atoms with Crippen LogP contribution in [-0.4, -0.2) is 27.8 Å². The van der Waals surface area contributed by atoms with Crippen LogP contribution in [0, 0.1) is 21.4 Å². The second kappa shape index (κ2) is 6.32. The Morgan fingerprint density at radius 1 is 1.58 bits per heavy atom. The van der Waals surface area contributed by atoms with Gasteiger partial charge in [0, 0.05) is 22.6 Å². The van der Waals surface area contributed by atoms with Crippen molar-refractivity contribution in [3.8, 4) is 6.07 Å². The third-order valence-corrected chi connectivity index (χ3v) is 2.38. The molecule has 9 nitrogen and oxygen atoms in total. The highest BCUT2D eigenvalue weighted by Gasteiger charge is 2.22. The summed E-state index contributed by atoms with van der Waals surface area (Å²) in [6, 6.07) is 4.99. The molecule has 2 unspecified atom stereocenters. The lowest BCUT2D eigenvalue weighted by Gasteiger charge is -2.17. The zero-order chi connectivity index (χ0) is 14.4. The van der Waals surface area contributed by atoms with Crippen LogP contribution >= 0.6 is 0 Å². The molecule has 2 N–H and O–H groups in total. The molecule has 19 heavy (non-hydrogen) atoms. The summed E-state index contributed by atoms with van der Waals surface area (Å²) >= 11 is 0. The summed E-state index contributed by atoms with van der Waals surface area (Å²) in [4.78, 5) is 12.3. The molecule has 0 aliphatic heterocycles. The Morgan fingerprint density at radius 3 is 2.79 bits per heavy atom. The molecular formula is C10H9N5O4. The summed E-state index contributed by atoms with van der Waals surface area (Å²) in [5.41, 5.74) is 7.72. The van der Waals surface area contributed by atoms with E-state index in [4.69, 9.17) is 10.8 Å². The van der Waals surface area contributed by atoms with Crippen LogP contribution in [0.25, 0.3) is 10.4 Å². The summed E-state index contributed by atoms with van der Waals surface area (Å²) in [6.45, 7) is -0.375. The van der Waals surface area contributed by atoms with Gasteiger partial charge >= 0.3 is 0 Å². The van der Waals surface area contributed by atoms with Gasteiger partial charge in [-0.3, -0.25) is 10.1 Å². The fourth-order valence-corrected chi connectivity index (χ4v) is 1.44. The molecule has 0 amide bonds. The summed E-state index contributed by atoms with van der Waals surface area (Å²) in [5.74, 6) is 0. The van der Waals surface area contributed by atoms with Crippen LogP contribution in [0.4, 0.5) is 5.69 Å². The molecule has 0 heterocycles. The minimum atomic E-state index is -1.47. The predicted molar refractivity (Wildman–Crippen MR) is 62.8 cm³/mol. The van der Waals surface area contributed by atoms with Gasteiger partial charge in [-0.05, 0) is 11.6 Å². The molecule has 0 aliphatic rings. The monoisotopic (exact) mass is 263 g/mol. The molecule has 2 atom stereocenters. The Hall–Kier alpha value is -2.66. The first-order valence-corrected chi connectivity index (χ1v) is 5.06. The number of nitriles is 1. The Morgan fingerprint density at radius 2 is 2.26 bits per heavy atom. The van der Waals surface area contributed by atoms with Crippen LogP contribution < -0.4 is 0 Å². The lowest BCUT2D eigenvalue weighted by atomic mass is 9.98. The molecule has 0 saturated heterocycles. The minimum Gasteiger partial charge on any atom is -0.390 e. The van der Waals surface area contributed by atoms with E-state index in [1.807, 2.05) is 0 Å². The van der Waals surface area contributed by atoms with Crippen LogP contribution in [0.15, 0.2) is 23.3 Å². The Kier molecular flexibility index (Phi) is 4.79. The first-order valence-electron chi connectivity index (χ1n) is 5.06. The highest BCUT2D eigenvalue weighted by atomic mass is 16.6. The Bertz CT molecular complexity index is 576. The average molecular weight is 263 g/mol. The van der Waals surface area contributed by atoms with Crippen molar-refractivity contribution in [2.24, 2.45) is 5.11 Å². The molecule has 9 heteroatoms. The molecule has 0 spiro atoms. The van der Waals surface area contributed by atoms with Crippen LogP contribution in [0.2, 0.25) is 0 Å². The van der Waals surface area contributed by atoms with Gasteiger partial charge in [0.1, 0.15) is 6.10 Å². The second-order valence-electron chi connectivity index (χ2n) is 3.57. The molecule has 0 bridgehead atoms. The fourth-order valence-electron chi connectivity index (χ4n) is 1.44. The van der Waals surface area contributed by atoms with E-state index in [9.17, 15) is 20.3 Å². The second-order valence-corrected chi connectivity index (χ2v) is 3.57. The van der Waals surface area contributed by atoms with Crippen molar-refractivity contribution in [2.75, 3.05) is 6.54 Å². The number of nitro groups is 1. The Labute approximate surface area is 107 Å². The highest BCUT2D eigenvalue weighted by Crippen LogP contribution is 2.25. The van der Waals surface area contributed by atoms with E-state index in [-0.39, 0.29) is 23.4 Å². The SMILES string of the molecule is N#Cc1cc([N+](=O)[O-])ccc1C(O)C(O)CN=[N+]=[N-]. The van der Waals surface area contributed by atoms with Crippen LogP contribution in [0.3, 0.4) is 0 Å². The number of nitrogens with zero attached hydrogens (tertiary/aromatic N) is 5. The van der Waals surface area contributed by atoms with Gasteiger partial charge in [-0.25, -0.2) is 0 Å². The maximum absolute atomic E-state index is 10.6. The number of hydrogen-bond acceptors (Lipinski definition) is 6. The van der Waals surface area contributed by atoms with Crippen molar-refractivity contribution in [3.05, 3.63) is 49.9 Å². The molecule has 0 aliphatic carbocycles. The number of non-ortho nitro benzene ring substituents is 1. The lowest BCUT2D eigenvalue weighted by Crippen LogP contribution is -2.22. The van der Waals surface area contributed by atoms with Crippen molar-refractivity contribution in [1.29, 1.82) is 5.26 Å². The largest absolute Gasteiger partial charge is 0.390 e. The number of azide groups is 1. The minimum absolute atomic E-state index is 0.0359. The number of hydrogen-bond donors (Lipinski definition) is 2. The van der Waals surface area contributed by atoms with Crippen LogP contribution in [0.1, 0.15) is 17.2 Å². The molecule has 0 saturated carbocycles. The van der Waals surface area contributed by atoms with E-state index in [2.05, 4.69) is 10.0 Å². The van der Waals surface area contributed by atoms with Gasteiger partial charge in [-0.1, -0.05) is 5.11 Å². The third kappa shape index (κ3) is 3.40. The number of benzene rings is 1. The van der Waals surface area contributed by atoms with E-state index >= 15 is 0 Å². The summed E-state index contributed by atoms with van der Waals surface area (Å²) < 4.78 is 0. The normalized spacial score (nSPS) is 12.9. The summed E-state index contributed by atoms with van der Waals surface area (Å²) in [7, 11) is 0. The first kappa shape index (κ1) is 14.4. The quantitative estimate of drug-likeness (QED) is 0.268. The van der Waals surface area contributed by atoms with Gasteiger partial charge in [-0.15, -0.1) is 0 Å². The molecule has 0 aromatic heterocycles. The highest BCUT2D eigenvalue weighted by molar-refractivity contribution is 5.47. The van der Waals surface area contributed by atoms with Gasteiger partial charge in [-0.2, -0.15) is 5.26 Å². The van der Waals surface area contributed by atoms with Crippen molar-refractivity contribution in [1.82, 2.24) is 0 Å². The molecule has 0 fully saturated rings. The number of aliphatic hydroxyl groups excluding tert-OH is 2. The van der Waals surface area contributed by atoms with Gasteiger partial charge in [0.25, 0.3) is 5.69 Å². The fraction of sp³-hybridized carbons (Fsp3) is 0.300. The number of nitro benzene ring substituents is 1. The molecule has 1 rings (SSSR count). The van der Waals surface area contributed by atoms with Gasteiger partial charge in [0.05, 0.1) is 29.2 Å². The van der Waals surface area contributed by atoms with Crippen molar-refractivity contribution >= 4 is 5.69 Å². The zero-order valence-electron chi connectivity index (χ0n) is 9.54. The van der Waals surface area contributed by atoms with E-state index in [1.165, 1.54) is 6.07 Å². The van der Waals surface area contributed by atoms with E-state index < -0.39 is 17.1 Å². The van der Waals surface area contributed by atoms with Crippen LogP contribution in [0.5, 0.6) is 0 Å². The van der Waals surface area contributed by atoms with E-state index in [1.54, 1.807) is 6.07 Å². The maximum Gasteiger partial charge on any atom is 0.270 e. The van der Waals surface area contributed by atoms with E-state index in [0.717, 1.165) is 12.1 Å². The van der Waals surface area contributed by atoms with Crippen molar-refractivity contribution in [2.45, 2.75) is 12.2 Å². The van der Waals surface area contributed by atoms with Gasteiger partial charge in [0.15, 0.2) is 0 Å². The van der Waals surface area contributed by atoms with Crippen molar-refractivity contribution in [3.63, 3.8) is 0 Å². The molecule has 1 aromatic rings. The maximum atomic E-state index is 10.6. The molecule has 0 radical (unpaired) electrons. The topological polar surface area (TPSA) is 156 Å². The summed E-state index contributed by atoms with van der Waals surface area (Å²) in [5, 5.41) is 41.9. The Balaban J connectivity index is 3.10. The summed E-state index contributed by atoms with van der Waals surface area (Å²) in [6.07, 6.45) is -2.87.